The minimum absolute atomic E-state index is 0.0340. The second-order valence-corrected chi connectivity index (χ2v) is 7.31. The van der Waals surface area contributed by atoms with E-state index in [1.807, 2.05) is 30.3 Å². The summed E-state index contributed by atoms with van der Waals surface area (Å²) in [6.45, 7) is 5.16. The molecule has 3 rings (SSSR count). The Kier molecular flexibility index (Phi) is 6.76. The number of hydrogen-bond donors (Lipinski definition) is 2. The number of benzene rings is 2. The van der Waals surface area contributed by atoms with E-state index in [0.717, 1.165) is 37.4 Å². The van der Waals surface area contributed by atoms with Crippen molar-refractivity contribution in [1.82, 2.24) is 5.32 Å². The second kappa shape index (κ2) is 9.46. The third-order valence-electron chi connectivity index (χ3n) is 5.18. The summed E-state index contributed by atoms with van der Waals surface area (Å²) in [5.74, 6) is -0.366. The van der Waals surface area contributed by atoms with Crippen molar-refractivity contribution < 1.29 is 18.9 Å². The van der Waals surface area contributed by atoms with E-state index in [0.29, 0.717) is 13.0 Å². The molecule has 0 aromatic heterocycles. The van der Waals surface area contributed by atoms with E-state index in [2.05, 4.69) is 10.2 Å². The molecule has 148 valence electrons. The zero-order valence-corrected chi connectivity index (χ0v) is 16.2. The van der Waals surface area contributed by atoms with Gasteiger partial charge in [-0.2, -0.15) is 0 Å². The first kappa shape index (κ1) is 20.0. The number of rotatable bonds is 7. The van der Waals surface area contributed by atoms with Crippen molar-refractivity contribution in [2.45, 2.75) is 19.4 Å². The Labute approximate surface area is 165 Å². The van der Waals surface area contributed by atoms with Crippen LogP contribution in [0.1, 0.15) is 12.5 Å². The van der Waals surface area contributed by atoms with Crippen molar-refractivity contribution in [2.24, 2.45) is 0 Å². The Morgan fingerprint density at radius 3 is 2.32 bits per heavy atom. The van der Waals surface area contributed by atoms with Crippen LogP contribution < -0.4 is 15.1 Å². The maximum atomic E-state index is 13.1. The van der Waals surface area contributed by atoms with Gasteiger partial charge in [-0.1, -0.05) is 30.3 Å². The highest BCUT2D eigenvalue weighted by Gasteiger charge is 2.24. The number of nitrogens with zero attached hydrogens (tertiary/aromatic N) is 1. The van der Waals surface area contributed by atoms with Crippen LogP contribution in [-0.4, -0.2) is 50.5 Å². The largest absolute Gasteiger partial charge is 0.360 e. The number of ketones is 1. The number of hydrogen-bond acceptors (Lipinski definition) is 3. The molecule has 0 unspecified atom stereocenters. The molecule has 6 heteroatoms. The topological polar surface area (TPSA) is 53.9 Å². The summed E-state index contributed by atoms with van der Waals surface area (Å²) in [6, 6.07) is 15.7. The first-order valence-electron chi connectivity index (χ1n) is 9.69. The van der Waals surface area contributed by atoms with Gasteiger partial charge in [-0.05, 0) is 43.2 Å². The molecule has 2 N–H and O–H groups in total. The maximum Gasteiger partial charge on any atom is 0.275 e. The van der Waals surface area contributed by atoms with Gasteiger partial charge in [0, 0.05) is 5.69 Å². The summed E-state index contributed by atoms with van der Waals surface area (Å²) in [5, 5.41) is 2.90. The molecule has 0 spiro atoms. The van der Waals surface area contributed by atoms with Gasteiger partial charge in [-0.3, -0.25) is 9.59 Å². The normalized spacial score (nSPS) is 15.9. The summed E-state index contributed by atoms with van der Waals surface area (Å²) in [5.41, 5.74) is 2.03. The number of carbonyl (C=O) groups is 2. The molecule has 0 aliphatic carbocycles. The van der Waals surface area contributed by atoms with Crippen LogP contribution >= 0.6 is 0 Å². The fraction of sp³-hybridized carbons (Fsp3) is 0.364. The quantitative estimate of drug-likeness (QED) is 0.744. The molecule has 28 heavy (non-hydrogen) atoms. The van der Waals surface area contributed by atoms with Crippen molar-refractivity contribution in [3.63, 3.8) is 0 Å². The smallest absolute Gasteiger partial charge is 0.275 e. The SMILES string of the molecule is CC(=O)[C@H](Cc1ccccc1)NC(=O)C[NH+]1CCN(c2ccc(F)cc2)CC1. The van der Waals surface area contributed by atoms with Crippen molar-refractivity contribution in [2.75, 3.05) is 37.6 Å². The van der Waals surface area contributed by atoms with E-state index in [1.165, 1.54) is 24.0 Å². The molecule has 1 heterocycles. The summed E-state index contributed by atoms with van der Waals surface area (Å²) in [4.78, 5) is 27.8. The fourth-order valence-corrected chi connectivity index (χ4v) is 3.53. The minimum Gasteiger partial charge on any atom is -0.360 e. The van der Waals surface area contributed by atoms with E-state index >= 15 is 0 Å². The number of Topliss-reactive ketones (excluding diaryl/α,β-unsaturated/α-hetero) is 1. The van der Waals surface area contributed by atoms with Crippen LogP contribution in [0.5, 0.6) is 0 Å². The molecule has 0 bridgehead atoms. The lowest BCUT2D eigenvalue weighted by Crippen LogP contribution is -3.16. The zero-order chi connectivity index (χ0) is 19.9. The lowest BCUT2D eigenvalue weighted by molar-refractivity contribution is -0.892. The Hall–Kier alpha value is -2.73. The third-order valence-corrected chi connectivity index (χ3v) is 5.18. The highest BCUT2D eigenvalue weighted by molar-refractivity contribution is 5.88. The summed E-state index contributed by atoms with van der Waals surface area (Å²) in [6.07, 6.45) is 0.510. The zero-order valence-electron chi connectivity index (χ0n) is 16.2. The van der Waals surface area contributed by atoms with Crippen LogP contribution in [0.3, 0.4) is 0 Å². The molecule has 0 saturated carbocycles. The number of nitrogens with one attached hydrogen (secondary N) is 2. The monoisotopic (exact) mass is 384 g/mol. The van der Waals surface area contributed by atoms with Gasteiger partial charge in [0.05, 0.1) is 32.2 Å². The summed E-state index contributed by atoms with van der Waals surface area (Å²) in [7, 11) is 0. The predicted molar refractivity (Wildman–Crippen MR) is 107 cm³/mol. The van der Waals surface area contributed by atoms with Gasteiger partial charge in [0.1, 0.15) is 5.82 Å². The Balaban J connectivity index is 1.48. The number of anilines is 1. The van der Waals surface area contributed by atoms with Gasteiger partial charge in [-0.15, -0.1) is 0 Å². The lowest BCUT2D eigenvalue weighted by atomic mass is 10.0. The van der Waals surface area contributed by atoms with Crippen LogP contribution in [-0.2, 0) is 16.0 Å². The van der Waals surface area contributed by atoms with Crippen molar-refractivity contribution in [3.05, 3.63) is 66.0 Å². The lowest BCUT2D eigenvalue weighted by Gasteiger charge is -2.33. The van der Waals surface area contributed by atoms with E-state index in [4.69, 9.17) is 0 Å². The molecule has 1 aliphatic heterocycles. The van der Waals surface area contributed by atoms with Gasteiger partial charge >= 0.3 is 0 Å². The molecule has 1 aliphatic rings. The molecular weight excluding hydrogens is 357 g/mol. The third kappa shape index (κ3) is 5.63. The molecule has 1 amide bonds. The van der Waals surface area contributed by atoms with E-state index < -0.39 is 6.04 Å². The van der Waals surface area contributed by atoms with Gasteiger partial charge in [0.15, 0.2) is 12.3 Å². The Morgan fingerprint density at radius 2 is 1.71 bits per heavy atom. The highest BCUT2D eigenvalue weighted by Crippen LogP contribution is 2.14. The predicted octanol–water partition coefficient (Wildman–Crippen LogP) is 0.847. The van der Waals surface area contributed by atoms with Crippen molar-refractivity contribution >= 4 is 17.4 Å². The number of quaternary nitrogens is 1. The van der Waals surface area contributed by atoms with Gasteiger partial charge in [-0.25, -0.2) is 4.39 Å². The van der Waals surface area contributed by atoms with Crippen molar-refractivity contribution in [1.29, 1.82) is 0 Å². The van der Waals surface area contributed by atoms with Crippen LogP contribution in [0.4, 0.5) is 10.1 Å². The van der Waals surface area contributed by atoms with E-state index in [-0.39, 0.29) is 17.5 Å². The Morgan fingerprint density at radius 1 is 1.07 bits per heavy atom. The number of piperazine rings is 1. The van der Waals surface area contributed by atoms with Crippen molar-refractivity contribution in [3.8, 4) is 0 Å². The van der Waals surface area contributed by atoms with E-state index in [1.54, 1.807) is 12.1 Å². The average molecular weight is 384 g/mol. The molecule has 2 aromatic carbocycles. The number of carbonyl (C=O) groups excluding carboxylic acids is 2. The number of halogens is 1. The van der Waals surface area contributed by atoms with Crippen LogP contribution in [0.2, 0.25) is 0 Å². The molecular formula is C22H27FN3O2+. The first-order valence-corrected chi connectivity index (χ1v) is 9.69. The molecule has 1 saturated heterocycles. The van der Waals surface area contributed by atoms with Gasteiger partial charge in [0.2, 0.25) is 0 Å². The summed E-state index contributed by atoms with van der Waals surface area (Å²) >= 11 is 0. The van der Waals surface area contributed by atoms with Crippen LogP contribution in [0, 0.1) is 5.82 Å². The van der Waals surface area contributed by atoms with E-state index in [9.17, 15) is 14.0 Å². The maximum absolute atomic E-state index is 13.1. The van der Waals surface area contributed by atoms with Crippen LogP contribution in [0.15, 0.2) is 54.6 Å². The summed E-state index contributed by atoms with van der Waals surface area (Å²) < 4.78 is 13.1. The molecule has 5 nitrogen and oxygen atoms in total. The molecule has 1 fully saturated rings. The average Bonchev–Trinajstić information content (AvgIpc) is 2.69. The molecule has 2 aromatic rings. The number of amides is 1. The molecule has 1 atom stereocenters. The highest BCUT2D eigenvalue weighted by atomic mass is 19.1. The van der Waals surface area contributed by atoms with Gasteiger partial charge in [0.25, 0.3) is 5.91 Å². The van der Waals surface area contributed by atoms with Crippen LogP contribution in [0.25, 0.3) is 0 Å². The Bertz CT molecular complexity index is 787. The minimum atomic E-state index is -0.491. The standard InChI is InChI=1S/C22H26FN3O2/c1-17(27)21(15-18-5-3-2-4-6-18)24-22(28)16-25-11-13-26(14-12-25)20-9-7-19(23)8-10-20/h2-10,21H,11-16H2,1H3,(H,24,28)/p+1/t21-/m0/s1. The second-order valence-electron chi connectivity index (χ2n) is 7.31. The molecule has 0 radical (unpaired) electrons. The fourth-order valence-electron chi connectivity index (χ4n) is 3.53. The first-order chi connectivity index (χ1) is 13.5. The van der Waals surface area contributed by atoms with Gasteiger partial charge < -0.3 is 15.1 Å².